The maximum Gasteiger partial charge on any atom is 0.262 e. The highest BCUT2D eigenvalue weighted by Crippen LogP contribution is 2.24. The Morgan fingerprint density at radius 2 is 2.00 bits per heavy atom. The van der Waals surface area contributed by atoms with E-state index in [1.165, 1.54) is 10.5 Å². The van der Waals surface area contributed by atoms with Gasteiger partial charge in [0.1, 0.15) is 5.82 Å². The molecule has 0 bridgehead atoms. The van der Waals surface area contributed by atoms with Crippen LogP contribution in [0.4, 0.5) is 0 Å². The minimum absolute atomic E-state index is 0.0215. The fraction of sp³-hybridized carbons (Fsp3) is 0.765. The molecule has 2 rings (SSSR count). The van der Waals surface area contributed by atoms with Crippen LogP contribution in [0.5, 0.6) is 0 Å². The number of nitrogens with one attached hydrogen (secondary N) is 1. The van der Waals surface area contributed by atoms with Gasteiger partial charge >= 0.3 is 0 Å². The molecule has 1 aliphatic rings. The van der Waals surface area contributed by atoms with E-state index in [1.807, 2.05) is 0 Å². The van der Waals surface area contributed by atoms with Crippen LogP contribution >= 0.6 is 0 Å². The van der Waals surface area contributed by atoms with E-state index in [2.05, 4.69) is 24.1 Å². The van der Waals surface area contributed by atoms with E-state index in [0.29, 0.717) is 44.2 Å². The fourth-order valence-corrected chi connectivity index (χ4v) is 4.74. The first-order chi connectivity index (χ1) is 12.1. The molecule has 9 heteroatoms. The Morgan fingerprint density at radius 1 is 1.38 bits per heavy atom. The monoisotopic (exact) mass is 385 g/mol. The third-order valence-electron chi connectivity index (χ3n) is 4.90. The topological polar surface area (TPSA) is 110 Å². The first-order valence-electron chi connectivity index (χ1n) is 9.15. The van der Waals surface area contributed by atoms with Crippen LogP contribution in [0.25, 0.3) is 0 Å². The van der Waals surface area contributed by atoms with E-state index in [-0.39, 0.29) is 22.9 Å². The lowest BCUT2D eigenvalue weighted by Crippen LogP contribution is -2.47. The van der Waals surface area contributed by atoms with Crippen LogP contribution in [0.15, 0.2) is 11.2 Å². The molecule has 8 nitrogen and oxygen atoms in total. The number of aryl methyl sites for hydroxylation is 2. The van der Waals surface area contributed by atoms with Gasteiger partial charge in [0.25, 0.3) is 10.0 Å². The van der Waals surface area contributed by atoms with Crippen LogP contribution in [0.3, 0.4) is 0 Å². The second-order valence-electron chi connectivity index (χ2n) is 7.49. The molecular weight excluding hydrogens is 354 g/mol. The second-order valence-corrected chi connectivity index (χ2v) is 9.37. The number of carbonyl (C=O) groups excluding carboxylic acids is 1. The van der Waals surface area contributed by atoms with Crippen molar-refractivity contribution >= 4 is 15.9 Å². The average Bonchev–Trinajstić information content (AvgIpc) is 2.93. The standard InChI is InChI=1S/C17H31N5O3S/c1-12(2)9-15(10-18)20-17(23)14-5-7-22(8-6-14)26(24,25)16-11-21(4)13(3)19-16/h11-12,14-15H,5-10,18H2,1-4H3,(H,20,23). The number of imidazole rings is 1. The van der Waals surface area contributed by atoms with Crippen LogP contribution in [0.1, 0.15) is 38.9 Å². The number of aromatic nitrogens is 2. The maximum absolute atomic E-state index is 12.7. The Morgan fingerprint density at radius 3 is 2.46 bits per heavy atom. The van der Waals surface area contributed by atoms with Gasteiger partial charge in [0.15, 0.2) is 5.03 Å². The molecule has 1 unspecified atom stereocenters. The summed E-state index contributed by atoms with van der Waals surface area (Å²) in [6, 6.07) is -0.0271. The molecule has 1 aromatic heterocycles. The number of nitrogens with zero attached hydrogens (tertiary/aromatic N) is 3. The van der Waals surface area contributed by atoms with E-state index < -0.39 is 10.0 Å². The van der Waals surface area contributed by atoms with Crippen molar-refractivity contribution < 1.29 is 13.2 Å². The zero-order valence-corrected chi connectivity index (χ0v) is 16.9. The Bertz CT molecular complexity index is 701. The van der Waals surface area contributed by atoms with Crippen LogP contribution < -0.4 is 11.1 Å². The van der Waals surface area contributed by atoms with Gasteiger partial charge in [-0.05, 0) is 32.1 Å². The first-order valence-corrected chi connectivity index (χ1v) is 10.6. The molecular formula is C17H31N5O3S. The highest BCUT2D eigenvalue weighted by atomic mass is 32.2. The van der Waals surface area contributed by atoms with Crippen LogP contribution in [0, 0.1) is 18.8 Å². The van der Waals surface area contributed by atoms with Gasteiger partial charge in [-0.3, -0.25) is 4.79 Å². The quantitative estimate of drug-likeness (QED) is 0.715. The number of amides is 1. The minimum Gasteiger partial charge on any atom is -0.352 e. The molecule has 1 amide bonds. The van der Waals surface area contributed by atoms with Gasteiger partial charge in [0.05, 0.1) is 0 Å². The number of hydrogen-bond donors (Lipinski definition) is 2. The summed E-state index contributed by atoms with van der Waals surface area (Å²) in [6.07, 6.45) is 3.39. The van der Waals surface area contributed by atoms with Gasteiger partial charge in [-0.25, -0.2) is 13.4 Å². The molecule has 1 fully saturated rings. The van der Waals surface area contributed by atoms with Gasteiger partial charge in [-0.2, -0.15) is 4.31 Å². The molecule has 1 aliphatic heterocycles. The molecule has 148 valence electrons. The summed E-state index contributed by atoms with van der Waals surface area (Å²) in [4.78, 5) is 16.6. The molecule has 0 radical (unpaired) electrons. The Labute approximate surface area is 156 Å². The summed E-state index contributed by atoms with van der Waals surface area (Å²) in [5, 5.41) is 3.09. The Hall–Kier alpha value is -1.45. The van der Waals surface area contributed by atoms with Crippen molar-refractivity contribution in [2.24, 2.45) is 24.6 Å². The number of piperidine rings is 1. The number of nitrogens with two attached hydrogens (primary N) is 1. The van der Waals surface area contributed by atoms with Crippen molar-refractivity contribution in [3.63, 3.8) is 0 Å². The average molecular weight is 386 g/mol. The fourth-order valence-electron chi connectivity index (χ4n) is 3.24. The van der Waals surface area contributed by atoms with E-state index >= 15 is 0 Å². The summed E-state index contributed by atoms with van der Waals surface area (Å²) >= 11 is 0. The molecule has 1 saturated heterocycles. The normalized spacial score (nSPS) is 18.2. The van der Waals surface area contributed by atoms with Crippen molar-refractivity contribution in [1.82, 2.24) is 19.2 Å². The summed E-state index contributed by atoms with van der Waals surface area (Å²) in [6.45, 7) is 7.02. The van der Waals surface area contributed by atoms with Crippen molar-refractivity contribution in [2.75, 3.05) is 19.6 Å². The molecule has 3 N–H and O–H groups in total. The largest absolute Gasteiger partial charge is 0.352 e. The van der Waals surface area contributed by atoms with Crippen molar-refractivity contribution in [1.29, 1.82) is 0 Å². The SMILES string of the molecule is Cc1nc(S(=O)(=O)N2CCC(C(=O)NC(CN)CC(C)C)CC2)cn1C. The lowest BCUT2D eigenvalue weighted by molar-refractivity contribution is -0.126. The third kappa shape index (κ3) is 4.83. The molecule has 0 spiro atoms. The highest BCUT2D eigenvalue weighted by molar-refractivity contribution is 7.89. The third-order valence-corrected chi connectivity index (χ3v) is 6.67. The highest BCUT2D eigenvalue weighted by Gasteiger charge is 2.34. The smallest absolute Gasteiger partial charge is 0.262 e. The lowest BCUT2D eigenvalue weighted by atomic mass is 9.96. The van der Waals surface area contributed by atoms with Crippen LogP contribution in [-0.2, 0) is 21.9 Å². The van der Waals surface area contributed by atoms with E-state index in [1.54, 1.807) is 18.5 Å². The predicted molar refractivity (Wildman–Crippen MR) is 99.9 cm³/mol. The summed E-state index contributed by atoms with van der Waals surface area (Å²) in [5.41, 5.74) is 5.75. The predicted octanol–water partition coefficient (Wildman–Crippen LogP) is 0.619. The van der Waals surface area contributed by atoms with Gasteiger partial charge in [-0.1, -0.05) is 13.8 Å². The molecule has 1 atom stereocenters. The van der Waals surface area contributed by atoms with Crippen molar-refractivity contribution in [3.8, 4) is 0 Å². The molecule has 0 saturated carbocycles. The molecule has 0 aromatic carbocycles. The van der Waals surface area contributed by atoms with Crippen LogP contribution in [-0.4, -0.2) is 53.9 Å². The zero-order valence-electron chi connectivity index (χ0n) is 16.1. The number of sulfonamides is 1. The van der Waals surface area contributed by atoms with Crippen molar-refractivity contribution in [3.05, 3.63) is 12.0 Å². The molecule has 0 aliphatic carbocycles. The first kappa shape index (κ1) is 20.9. The zero-order chi connectivity index (χ0) is 19.5. The number of carbonyl (C=O) groups is 1. The Balaban J connectivity index is 1.94. The molecule has 2 heterocycles. The van der Waals surface area contributed by atoms with Crippen LogP contribution in [0.2, 0.25) is 0 Å². The van der Waals surface area contributed by atoms with Gasteiger partial charge in [0.2, 0.25) is 5.91 Å². The summed E-state index contributed by atoms with van der Waals surface area (Å²) < 4.78 is 28.5. The second kappa shape index (κ2) is 8.49. The number of hydrogen-bond acceptors (Lipinski definition) is 5. The Kier molecular flexibility index (Phi) is 6.81. The molecule has 26 heavy (non-hydrogen) atoms. The minimum atomic E-state index is -3.61. The molecule has 1 aromatic rings. The van der Waals surface area contributed by atoms with Gasteiger partial charge in [0, 0.05) is 44.8 Å². The maximum atomic E-state index is 12.7. The number of rotatable bonds is 7. The summed E-state index contributed by atoms with van der Waals surface area (Å²) in [5.74, 6) is 0.911. The lowest BCUT2D eigenvalue weighted by Gasteiger charge is -2.31. The van der Waals surface area contributed by atoms with E-state index in [0.717, 1.165) is 6.42 Å². The van der Waals surface area contributed by atoms with E-state index in [9.17, 15) is 13.2 Å². The van der Waals surface area contributed by atoms with Gasteiger partial charge < -0.3 is 15.6 Å². The van der Waals surface area contributed by atoms with Gasteiger partial charge in [-0.15, -0.1) is 0 Å². The summed E-state index contributed by atoms with van der Waals surface area (Å²) in [7, 11) is -1.84. The van der Waals surface area contributed by atoms with Crippen molar-refractivity contribution in [2.45, 2.75) is 51.1 Å². The van der Waals surface area contributed by atoms with E-state index in [4.69, 9.17) is 5.73 Å².